The van der Waals surface area contributed by atoms with Gasteiger partial charge in [0.15, 0.2) is 0 Å². The summed E-state index contributed by atoms with van der Waals surface area (Å²) in [6, 6.07) is 13.3. The predicted octanol–water partition coefficient (Wildman–Crippen LogP) is 2.87. The van der Waals surface area contributed by atoms with Crippen LogP contribution < -0.4 is 5.32 Å². The van der Waals surface area contributed by atoms with Crippen LogP contribution in [0.3, 0.4) is 0 Å². The Morgan fingerprint density at radius 1 is 1.18 bits per heavy atom. The minimum Gasteiger partial charge on any atom is -0.310 e. The van der Waals surface area contributed by atoms with Crippen LogP contribution in [0.1, 0.15) is 5.56 Å². The minimum atomic E-state index is -0.0483. The molecule has 0 fully saturated rings. The predicted molar refractivity (Wildman–Crippen MR) is 75.7 cm³/mol. The molecule has 1 N–H and O–H groups in total. The van der Waals surface area contributed by atoms with Gasteiger partial charge in [0.1, 0.15) is 5.82 Å². The smallest absolute Gasteiger partial charge is 0.229 e. The van der Waals surface area contributed by atoms with Crippen LogP contribution in [0.4, 0.5) is 5.82 Å². The number of carbonyl (C=O) groups is 1. The standard InChI is InChI=1S/C13H11IN2O/c14-11-6-2-1-5-10(11)9-13(17)16-12-7-3-4-8-15-12/h1-8H,9H2,(H,15,16,17). The van der Waals surface area contributed by atoms with Crippen molar-refractivity contribution < 1.29 is 4.79 Å². The maximum absolute atomic E-state index is 11.8. The number of amides is 1. The average molecular weight is 338 g/mol. The monoisotopic (exact) mass is 338 g/mol. The van der Waals surface area contributed by atoms with Gasteiger partial charge in [-0.3, -0.25) is 4.79 Å². The Labute approximate surface area is 113 Å². The SMILES string of the molecule is O=C(Cc1ccccc1I)Nc1ccccn1. The number of rotatable bonds is 3. The van der Waals surface area contributed by atoms with E-state index in [-0.39, 0.29) is 5.91 Å². The van der Waals surface area contributed by atoms with E-state index in [1.54, 1.807) is 12.3 Å². The van der Waals surface area contributed by atoms with Crippen molar-refractivity contribution in [2.24, 2.45) is 0 Å². The molecule has 17 heavy (non-hydrogen) atoms. The van der Waals surface area contributed by atoms with E-state index in [1.165, 1.54) is 0 Å². The first-order valence-electron chi connectivity index (χ1n) is 5.20. The molecule has 1 amide bonds. The molecule has 0 saturated heterocycles. The number of anilines is 1. The average Bonchev–Trinajstić information content (AvgIpc) is 2.33. The van der Waals surface area contributed by atoms with E-state index < -0.39 is 0 Å². The molecule has 0 radical (unpaired) electrons. The van der Waals surface area contributed by atoms with E-state index in [1.807, 2.05) is 36.4 Å². The molecule has 0 spiro atoms. The molecule has 0 bridgehead atoms. The van der Waals surface area contributed by atoms with Gasteiger partial charge in [-0.1, -0.05) is 24.3 Å². The molecule has 2 aromatic rings. The fraction of sp³-hybridized carbons (Fsp3) is 0.0769. The van der Waals surface area contributed by atoms with E-state index in [4.69, 9.17) is 0 Å². The van der Waals surface area contributed by atoms with Gasteiger partial charge in [-0.25, -0.2) is 4.98 Å². The summed E-state index contributed by atoms with van der Waals surface area (Å²) in [7, 11) is 0. The Morgan fingerprint density at radius 2 is 1.94 bits per heavy atom. The molecule has 3 nitrogen and oxygen atoms in total. The zero-order valence-electron chi connectivity index (χ0n) is 9.06. The van der Waals surface area contributed by atoms with Crippen molar-refractivity contribution in [3.05, 3.63) is 57.8 Å². The van der Waals surface area contributed by atoms with Crippen LogP contribution >= 0.6 is 22.6 Å². The van der Waals surface area contributed by atoms with Gasteiger partial charge in [0, 0.05) is 9.77 Å². The Kier molecular flexibility index (Phi) is 4.08. The van der Waals surface area contributed by atoms with Crippen molar-refractivity contribution in [2.75, 3.05) is 5.32 Å². The number of nitrogens with one attached hydrogen (secondary N) is 1. The zero-order chi connectivity index (χ0) is 12.1. The van der Waals surface area contributed by atoms with Gasteiger partial charge in [0.05, 0.1) is 6.42 Å². The van der Waals surface area contributed by atoms with Gasteiger partial charge in [0.2, 0.25) is 5.91 Å². The van der Waals surface area contributed by atoms with E-state index in [9.17, 15) is 4.79 Å². The van der Waals surface area contributed by atoms with Crippen LogP contribution in [-0.2, 0) is 11.2 Å². The Bertz CT molecular complexity index is 514. The Hall–Kier alpha value is -1.43. The maximum atomic E-state index is 11.8. The zero-order valence-corrected chi connectivity index (χ0v) is 11.2. The van der Waals surface area contributed by atoms with Crippen LogP contribution in [0.2, 0.25) is 0 Å². The van der Waals surface area contributed by atoms with Crippen molar-refractivity contribution in [2.45, 2.75) is 6.42 Å². The van der Waals surface area contributed by atoms with E-state index in [0.29, 0.717) is 12.2 Å². The number of benzene rings is 1. The molecular weight excluding hydrogens is 327 g/mol. The lowest BCUT2D eigenvalue weighted by molar-refractivity contribution is -0.115. The third-order valence-corrected chi connectivity index (χ3v) is 3.29. The number of hydrogen-bond donors (Lipinski definition) is 1. The molecule has 0 atom stereocenters. The quantitative estimate of drug-likeness (QED) is 0.875. The molecule has 0 aliphatic heterocycles. The van der Waals surface area contributed by atoms with Gasteiger partial charge >= 0.3 is 0 Å². The topological polar surface area (TPSA) is 42.0 Å². The summed E-state index contributed by atoms with van der Waals surface area (Å²) in [5.41, 5.74) is 1.03. The van der Waals surface area contributed by atoms with Crippen molar-refractivity contribution in [1.29, 1.82) is 0 Å². The summed E-state index contributed by atoms with van der Waals surface area (Å²) in [6.07, 6.45) is 2.03. The summed E-state index contributed by atoms with van der Waals surface area (Å²) >= 11 is 2.23. The van der Waals surface area contributed by atoms with Crippen molar-refractivity contribution in [1.82, 2.24) is 4.98 Å². The van der Waals surface area contributed by atoms with Gasteiger partial charge in [-0.15, -0.1) is 0 Å². The molecule has 0 aliphatic rings. The van der Waals surface area contributed by atoms with Crippen LogP contribution in [0.15, 0.2) is 48.7 Å². The second-order valence-corrected chi connectivity index (χ2v) is 4.69. The summed E-state index contributed by atoms with van der Waals surface area (Å²) in [6.45, 7) is 0. The number of nitrogens with zero attached hydrogens (tertiary/aromatic N) is 1. The molecule has 1 heterocycles. The number of carbonyl (C=O) groups excluding carboxylic acids is 1. The highest BCUT2D eigenvalue weighted by Gasteiger charge is 2.06. The molecule has 86 valence electrons. The van der Waals surface area contributed by atoms with Gasteiger partial charge in [-0.2, -0.15) is 0 Å². The lowest BCUT2D eigenvalue weighted by atomic mass is 10.1. The lowest BCUT2D eigenvalue weighted by Crippen LogP contribution is -2.15. The number of pyridine rings is 1. The molecule has 0 saturated carbocycles. The Balaban J connectivity index is 2.01. The maximum Gasteiger partial charge on any atom is 0.229 e. The first kappa shape index (κ1) is 12.0. The normalized spacial score (nSPS) is 9.94. The van der Waals surface area contributed by atoms with Crippen LogP contribution in [0, 0.1) is 3.57 Å². The lowest BCUT2D eigenvalue weighted by Gasteiger charge is -2.05. The minimum absolute atomic E-state index is 0.0483. The van der Waals surface area contributed by atoms with Crippen molar-refractivity contribution >= 4 is 34.3 Å². The van der Waals surface area contributed by atoms with Gasteiger partial charge in [0.25, 0.3) is 0 Å². The fourth-order valence-corrected chi connectivity index (χ4v) is 2.02. The third kappa shape index (κ3) is 3.52. The van der Waals surface area contributed by atoms with Crippen LogP contribution in [-0.4, -0.2) is 10.9 Å². The summed E-state index contributed by atoms with van der Waals surface area (Å²) in [5, 5.41) is 2.76. The highest BCUT2D eigenvalue weighted by Crippen LogP contribution is 2.12. The van der Waals surface area contributed by atoms with Gasteiger partial charge < -0.3 is 5.32 Å². The number of halogens is 1. The van der Waals surface area contributed by atoms with Crippen LogP contribution in [0.5, 0.6) is 0 Å². The van der Waals surface area contributed by atoms with E-state index >= 15 is 0 Å². The number of hydrogen-bond acceptors (Lipinski definition) is 2. The van der Waals surface area contributed by atoms with Crippen molar-refractivity contribution in [3.63, 3.8) is 0 Å². The van der Waals surface area contributed by atoms with Crippen LogP contribution in [0.25, 0.3) is 0 Å². The van der Waals surface area contributed by atoms with E-state index in [2.05, 4.69) is 32.9 Å². The Morgan fingerprint density at radius 3 is 2.65 bits per heavy atom. The highest BCUT2D eigenvalue weighted by molar-refractivity contribution is 14.1. The summed E-state index contributed by atoms with van der Waals surface area (Å²) in [4.78, 5) is 15.8. The second-order valence-electron chi connectivity index (χ2n) is 3.53. The molecule has 2 rings (SSSR count). The van der Waals surface area contributed by atoms with Gasteiger partial charge in [-0.05, 0) is 46.4 Å². The molecule has 0 aliphatic carbocycles. The highest BCUT2D eigenvalue weighted by atomic mass is 127. The van der Waals surface area contributed by atoms with Crippen molar-refractivity contribution in [3.8, 4) is 0 Å². The first-order valence-corrected chi connectivity index (χ1v) is 6.28. The van der Waals surface area contributed by atoms with E-state index in [0.717, 1.165) is 9.13 Å². The largest absolute Gasteiger partial charge is 0.310 e. The molecule has 1 aromatic heterocycles. The molecule has 4 heteroatoms. The summed E-state index contributed by atoms with van der Waals surface area (Å²) < 4.78 is 1.10. The first-order chi connectivity index (χ1) is 8.25. The second kappa shape index (κ2) is 5.77. The molecular formula is C13H11IN2O. The third-order valence-electron chi connectivity index (χ3n) is 2.24. The number of aromatic nitrogens is 1. The molecule has 1 aromatic carbocycles. The molecule has 0 unspecified atom stereocenters. The fourth-order valence-electron chi connectivity index (χ4n) is 1.44. The summed E-state index contributed by atoms with van der Waals surface area (Å²) in [5.74, 6) is 0.538.